The third-order valence-electron chi connectivity index (χ3n) is 3.79. The first-order chi connectivity index (χ1) is 13.1. The summed E-state index contributed by atoms with van der Waals surface area (Å²) in [6, 6.07) is 17.5. The second-order valence-corrected chi connectivity index (χ2v) is 6.03. The summed E-state index contributed by atoms with van der Waals surface area (Å²) in [5.41, 5.74) is 6.60. The lowest BCUT2D eigenvalue weighted by atomic mass is 10.2. The molecule has 1 N–H and O–H groups in total. The van der Waals surface area contributed by atoms with E-state index in [9.17, 15) is 0 Å². The minimum atomic E-state index is 0.465. The molecule has 6 heteroatoms. The Kier molecular flexibility index (Phi) is 5.99. The number of hydrogen-bond donors (Lipinski definition) is 1. The zero-order valence-electron chi connectivity index (χ0n) is 15.6. The maximum absolute atomic E-state index is 5.92. The predicted molar refractivity (Wildman–Crippen MR) is 106 cm³/mol. The zero-order chi connectivity index (χ0) is 19.1. The Balaban J connectivity index is 1.70. The van der Waals surface area contributed by atoms with E-state index in [1.165, 1.54) is 0 Å². The molecule has 138 valence electrons. The predicted octanol–water partition coefficient (Wildman–Crippen LogP) is 4.13. The SMILES string of the molecule is COc1ccc(/C=N/Nc2nc(C)cc(C)n2)cc1OCc1ccccc1. The Morgan fingerprint density at radius 1 is 0.963 bits per heavy atom. The van der Waals surface area contributed by atoms with Crippen molar-refractivity contribution in [2.75, 3.05) is 12.5 Å². The van der Waals surface area contributed by atoms with E-state index in [2.05, 4.69) is 20.5 Å². The first-order valence-electron chi connectivity index (χ1n) is 8.60. The second-order valence-electron chi connectivity index (χ2n) is 6.03. The van der Waals surface area contributed by atoms with Crippen molar-refractivity contribution in [3.05, 3.63) is 77.1 Å². The fourth-order valence-electron chi connectivity index (χ4n) is 2.56. The fraction of sp³-hybridized carbons (Fsp3) is 0.190. The van der Waals surface area contributed by atoms with Crippen LogP contribution in [0.15, 0.2) is 59.7 Å². The van der Waals surface area contributed by atoms with Gasteiger partial charge in [0.2, 0.25) is 5.95 Å². The third kappa shape index (κ3) is 5.28. The molecule has 0 unspecified atom stereocenters. The van der Waals surface area contributed by atoms with Crippen LogP contribution in [0.5, 0.6) is 11.5 Å². The Morgan fingerprint density at radius 3 is 2.41 bits per heavy atom. The summed E-state index contributed by atoms with van der Waals surface area (Å²) < 4.78 is 11.3. The molecule has 27 heavy (non-hydrogen) atoms. The van der Waals surface area contributed by atoms with Gasteiger partial charge in [0, 0.05) is 11.4 Å². The maximum Gasteiger partial charge on any atom is 0.243 e. The van der Waals surface area contributed by atoms with Crippen LogP contribution < -0.4 is 14.9 Å². The van der Waals surface area contributed by atoms with Gasteiger partial charge in [0.1, 0.15) is 6.61 Å². The monoisotopic (exact) mass is 362 g/mol. The van der Waals surface area contributed by atoms with Gasteiger partial charge >= 0.3 is 0 Å². The number of rotatable bonds is 7. The van der Waals surface area contributed by atoms with Crippen LogP contribution in [-0.4, -0.2) is 23.3 Å². The molecule has 3 rings (SSSR count). The molecule has 0 amide bonds. The molecule has 6 nitrogen and oxygen atoms in total. The van der Waals surface area contributed by atoms with Crippen molar-refractivity contribution in [2.45, 2.75) is 20.5 Å². The molecule has 0 saturated carbocycles. The molecule has 1 aromatic heterocycles. The van der Waals surface area contributed by atoms with Gasteiger partial charge in [-0.15, -0.1) is 0 Å². The molecule has 0 radical (unpaired) electrons. The summed E-state index contributed by atoms with van der Waals surface area (Å²) >= 11 is 0. The number of hydrogen-bond acceptors (Lipinski definition) is 6. The largest absolute Gasteiger partial charge is 0.493 e. The minimum Gasteiger partial charge on any atom is -0.493 e. The lowest BCUT2D eigenvalue weighted by Crippen LogP contribution is -2.00. The highest BCUT2D eigenvalue weighted by molar-refractivity contribution is 5.81. The molecule has 0 saturated heterocycles. The van der Waals surface area contributed by atoms with Gasteiger partial charge in [0.25, 0.3) is 0 Å². The van der Waals surface area contributed by atoms with E-state index >= 15 is 0 Å². The van der Waals surface area contributed by atoms with Crippen molar-refractivity contribution in [1.82, 2.24) is 9.97 Å². The van der Waals surface area contributed by atoms with Gasteiger partial charge in [-0.1, -0.05) is 30.3 Å². The number of aromatic nitrogens is 2. The second kappa shape index (κ2) is 8.80. The Hall–Kier alpha value is -3.41. The van der Waals surface area contributed by atoms with Crippen molar-refractivity contribution >= 4 is 12.2 Å². The maximum atomic E-state index is 5.92. The Morgan fingerprint density at radius 2 is 1.70 bits per heavy atom. The smallest absolute Gasteiger partial charge is 0.243 e. The van der Waals surface area contributed by atoms with Crippen LogP contribution in [0.25, 0.3) is 0 Å². The van der Waals surface area contributed by atoms with Crippen LogP contribution >= 0.6 is 0 Å². The highest BCUT2D eigenvalue weighted by Gasteiger charge is 2.06. The summed E-state index contributed by atoms with van der Waals surface area (Å²) in [4.78, 5) is 8.58. The highest BCUT2D eigenvalue weighted by Crippen LogP contribution is 2.28. The number of aryl methyl sites for hydroxylation is 2. The summed E-state index contributed by atoms with van der Waals surface area (Å²) in [5, 5.41) is 4.21. The van der Waals surface area contributed by atoms with Crippen LogP contribution in [-0.2, 0) is 6.61 Å². The van der Waals surface area contributed by atoms with Crippen molar-refractivity contribution < 1.29 is 9.47 Å². The van der Waals surface area contributed by atoms with Crippen LogP contribution in [0, 0.1) is 13.8 Å². The normalized spacial score (nSPS) is 10.8. The van der Waals surface area contributed by atoms with Crippen LogP contribution in [0.2, 0.25) is 0 Å². The number of ether oxygens (including phenoxy) is 2. The number of hydrazone groups is 1. The Labute approximate surface area is 158 Å². The number of anilines is 1. The lowest BCUT2D eigenvalue weighted by molar-refractivity contribution is 0.284. The number of nitrogens with one attached hydrogen (secondary N) is 1. The Bertz CT molecular complexity index is 906. The van der Waals surface area contributed by atoms with Crippen LogP contribution in [0.3, 0.4) is 0 Å². The number of nitrogens with zero attached hydrogens (tertiary/aromatic N) is 3. The molecule has 0 aliphatic carbocycles. The summed E-state index contributed by atoms with van der Waals surface area (Å²) in [7, 11) is 1.62. The van der Waals surface area contributed by atoms with Crippen LogP contribution in [0.1, 0.15) is 22.5 Å². The molecule has 0 fully saturated rings. The zero-order valence-corrected chi connectivity index (χ0v) is 15.6. The number of methoxy groups -OCH3 is 1. The molecule has 0 aliphatic rings. The first kappa shape index (κ1) is 18.4. The van der Waals surface area contributed by atoms with Crippen molar-refractivity contribution in [2.24, 2.45) is 5.10 Å². The van der Waals surface area contributed by atoms with Gasteiger partial charge < -0.3 is 9.47 Å². The molecular formula is C21H22N4O2. The molecule has 1 heterocycles. The van der Waals surface area contributed by atoms with E-state index < -0.39 is 0 Å². The summed E-state index contributed by atoms with van der Waals surface area (Å²) in [6.45, 7) is 4.30. The minimum absolute atomic E-state index is 0.465. The summed E-state index contributed by atoms with van der Waals surface area (Å²) in [6.07, 6.45) is 1.69. The van der Waals surface area contributed by atoms with Crippen molar-refractivity contribution in [1.29, 1.82) is 0 Å². The highest BCUT2D eigenvalue weighted by atomic mass is 16.5. The van der Waals surface area contributed by atoms with Gasteiger partial charge in [-0.3, -0.25) is 0 Å². The van der Waals surface area contributed by atoms with E-state index in [0.29, 0.717) is 24.1 Å². The summed E-state index contributed by atoms with van der Waals surface area (Å²) in [5.74, 6) is 1.81. The molecule has 0 spiro atoms. The molecule has 2 aromatic carbocycles. The van der Waals surface area contributed by atoms with Crippen LogP contribution in [0.4, 0.5) is 5.95 Å². The van der Waals surface area contributed by atoms with E-state index in [1.807, 2.05) is 68.4 Å². The molecule has 0 aliphatic heterocycles. The fourth-order valence-corrected chi connectivity index (χ4v) is 2.56. The average Bonchev–Trinajstić information content (AvgIpc) is 2.66. The van der Waals surface area contributed by atoms with E-state index in [1.54, 1.807) is 13.3 Å². The van der Waals surface area contributed by atoms with E-state index in [0.717, 1.165) is 22.5 Å². The number of benzene rings is 2. The topological polar surface area (TPSA) is 68.6 Å². The average molecular weight is 362 g/mol. The quantitative estimate of drug-likeness (QED) is 0.506. The van der Waals surface area contributed by atoms with Crippen molar-refractivity contribution in [3.8, 4) is 11.5 Å². The molecule has 0 bridgehead atoms. The van der Waals surface area contributed by atoms with Gasteiger partial charge in [-0.2, -0.15) is 5.10 Å². The lowest BCUT2D eigenvalue weighted by Gasteiger charge is -2.11. The molecule has 0 atom stereocenters. The standard InChI is InChI=1S/C21H22N4O2/c1-15-11-16(2)24-21(23-15)25-22-13-18-9-10-19(26-3)20(12-18)27-14-17-7-5-4-6-8-17/h4-13H,14H2,1-3H3,(H,23,24,25)/b22-13+. The molecule has 3 aromatic rings. The van der Waals surface area contributed by atoms with Gasteiger partial charge in [0.15, 0.2) is 11.5 Å². The van der Waals surface area contributed by atoms with E-state index in [4.69, 9.17) is 9.47 Å². The van der Waals surface area contributed by atoms with Gasteiger partial charge in [0.05, 0.1) is 13.3 Å². The van der Waals surface area contributed by atoms with E-state index in [-0.39, 0.29) is 0 Å². The van der Waals surface area contributed by atoms with Gasteiger partial charge in [-0.05, 0) is 49.2 Å². The third-order valence-corrected chi connectivity index (χ3v) is 3.79. The van der Waals surface area contributed by atoms with Gasteiger partial charge in [-0.25, -0.2) is 15.4 Å². The van der Waals surface area contributed by atoms with Crippen molar-refractivity contribution in [3.63, 3.8) is 0 Å². The first-order valence-corrected chi connectivity index (χ1v) is 8.60. The molecular weight excluding hydrogens is 340 g/mol.